The average molecular weight is 212 g/mol. The van der Waals surface area contributed by atoms with Crippen LogP contribution in [-0.4, -0.2) is 17.0 Å². The third-order valence-electron chi connectivity index (χ3n) is 3.38. The van der Waals surface area contributed by atoms with E-state index in [0.29, 0.717) is 5.92 Å². The van der Waals surface area contributed by atoms with Crippen molar-refractivity contribution in [1.29, 1.82) is 0 Å². The average Bonchev–Trinajstić information content (AvgIpc) is 1.96. The summed E-state index contributed by atoms with van der Waals surface area (Å²) in [6.45, 7) is 10.7. The third kappa shape index (κ3) is 3.20. The number of hydrogen-bond donors (Lipinski definition) is 2. The van der Waals surface area contributed by atoms with Gasteiger partial charge in [0, 0.05) is 17.0 Å². The van der Waals surface area contributed by atoms with E-state index in [1.165, 1.54) is 0 Å². The second kappa shape index (κ2) is 3.78. The fourth-order valence-electron chi connectivity index (χ4n) is 2.99. The van der Waals surface area contributed by atoms with Crippen LogP contribution in [0, 0.1) is 11.8 Å². The molecule has 0 aliphatic carbocycles. The van der Waals surface area contributed by atoms with E-state index in [9.17, 15) is 4.79 Å². The second-order valence-electron chi connectivity index (χ2n) is 6.25. The van der Waals surface area contributed by atoms with E-state index in [1.54, 1.807) is 0 Å². The van der Waals surface area contributed by atoms with Crippen molar-refractivity contribution in [2.24, 2.45) is 17.6 Å². The van der Waals surface area contributed by atoms with E-state index in [4.69, 9.17) is 5.73 Å². The molecule has 1 heterocycles. The number of rotatable bonds is 2. The molecule has 0 aromatic carbocycles. The molecule has 1 rings (SSSR count). The lowest BCUT2D eigenvalue weighted by Gasteiger charge is -2.47. The van der Waals surface area contributed by atoms with Crippen LogP contribution in [0.5, 0.6) is 0 Å². The molecule has 1 unspecified atom stereocenters. The number of carbonyl (C=O) groups is 1. The van der Waals surface area contributed by atoms with Gasteiger partial charge in [-0.15, -0.1) is 0 Å². The summed E-state index contributed by atoms with van der Waals surface area (Å²) in [6, 6.07) is 0. The smallest absolute Gasteiger partial charge is 0.220 e. The first-order valence-electron chi connectivity index (χ1n) is 5.72. The topological polar surface area (TPSA) is 55.1 Å². The Labute approximate surface area is 92.8 Å². The first-order chi connectivity index (χ1) is 6.63. The molecule has 1 amide bonds. The Hall–Kier alpha value is -0.570. The number of amides is 1. The minimum Gasteiger partial charge on any atom is -0.369 e. The lowest BCUT2D eigenvalue weighted by molar-refractivity contribution is -0.123. The van der Waals surface area contributed by atoms with Crippen molar-refractivity contribution in [3.63, 3.8) is 0 Å². The molecule has 88 valence electrons. The molecule has 1 aliphatic heterocycles. The van der Waals surface area contributed by atoms with Crippen molar-refractivity contribution in [3.8, 4) is 0 Å². The number of nitrogens with two attached hydrogens (primary N) is 1. The van der Waals surface area contributed by atoms with Crippen LogP contribution in [0.25, 0.3) is 0 Å². The number of piperidine rings is 1. The van der Waals surface area contributed by atoms with Gasteiger partial charge in [0.15, 0.2) is 0 Å². The minimum absolute atomic E-state index is 0.0225. The van der Waals surface area contributed by atoms with Crippen LogP contribution >= 0.6 is 0 Å². The number of hydrogen-bond acceptors (Lipinski definition) is 2. The second-order valence-corrected chi connectivity index (χ2v) is 6.25. The lowest BCUT2D eigenvalue weighted by Crippen LogP contribution is -2.59. The van der Waals surface area contributed by atoms with E-state index in [1.807, 2.05) is 6.92 Å². The van der Waals surface area contributed by atoms with E-state index in [0.717, 1.165) is 12.8 Å². The Morgan fingerprint density at radius 1 is 1.27 bits per heavy atom. The number of carbonyl (C=O) groups excluding carboxylic acids is 1. The molecule has 1 aliphatic rings. The molecule has 15 heavy (non-hydrogen) atoms. The largest absolute Gasteiger partial charge is 0.369 e. The molecule has 0 bridgehead atoms. The summed E-state index contributed by atoms with van der Waals surface area (Å²) in [4.78, 5) is 11.2. The van der Waals surface area contributed by atoms with Gasteiger partial charge in [-0.25, -0.2) is 0 Å². The molecule has 0 aromatic heterocycles. The zero-order chi connectivity index (χ0) is 11.9. The molecule has 1 atom stereocenters. The molecule has 3 nitrogen and oxygen atoms in total. The summed E-state index contributed by atoms with van der Waals surface area (Å²) in [6.07, 6.45) is 2.03. The monoisotopic (exact) mass is 212 g/mol. The van der Waals surface area contributed by atoms with E-state index in [-0.39, 0.29) is 22.9 Å². The molecule has 0 saturated carbocycles. The van der Waals surface area contributed by atoms with Crippen molar-refractivity contribution in [3.05, 3.63) is 0 Å². The molecule has 0 spiro atoms. The summed E-state index contributed by atoms with van der Waals surface area (Å²) in [5.74, 6) is 0.202. The Morgan fingerprint density at radius 3 is 2.00 bits per heavy atom. The van der Waals surface area contributed by atoms with Crippen LogP contribution in [0.15, 0.2) is 0 Å². The Balaban J connectivity index is 2.79. The summed E-state index contributed by atoms with van der Waals surface area (Å²) < 4.78 is 0. The van der Waals surface area contributed by atoms with E-state index in [2.05, 4.69) is 33.0 Å². The van der Waals surface area contributed by atoms with Gasteiger partial charge in [0.25, 0.3) is 0 Å². The van der Waals surface area contributed by atoms with Crippen LogP contribution in [0.1, 0.15) is 47.5 Å². The Bertz CT molecular complexity index is 242. The summed E-state index contributed by atoms with van der Waals surface area (Å²) in [5, 5.41) is 3.60. The quantitative estimate of drug-likeness (QED) is 0.731. The summed E-state index contributed by atoms with van der Waals surface area (Å²) in [5.41, 5.74) is 5.57. The third-order valence-corrected chi connectivity index (χ3v) is 3.38. The molecule has 0 aromatic rings. The number of primary amides is 1. The highest BCUT2D eigenvalue weighted by atomic mass is 16.1. The van der Waals surface area contributed by atoms with Gasteiger partial charge in [-0.2, -0.15) is 0 Å². The van der Waals surface area contributed by atoms with Gasteiger partial charge in [-0.3, -0.25) is 4.79 Å². The maximum atomic E-state index is 11.2. The fourth-order valence-corrected chi connectivity index (χ4v) is 2.99. The van der Waals surface area contributed by atoms with Crippen molar-refractivity contribution < 1.29 is 4.79 Å². The predicted octanol–water partition coefficient (Wildman–Crippen LogP) is 1.66. The maximum Gasteiger partial charge on any atom is 0.220 e. The van der Waals surface area contributed by atoms with Crippen molar-refractivity contribution in [2.75, 3.05) is 0 Å². The van der Waals surface area contributed by atoms with Crippen LogP contribution in [0.2, 0.25) is 0 Å². The molecule has 0 radical (unpaired) electrons. The van der Waals surface area contributed by atoms with Gasteiger partial charge in [-0.1, -0.05) is 6.92 Å². The standard InChI is InChI=1S/C12H24N2O/c1-8(10(13)15)9-6-11(2,3)14-12(4,5)7-9/h8-9,14H,6-7H2,1-5H3,(H2,13,15). The zero-order valence-electron chi connectivity index (χ0n) is 10.6. The van der Waals surface area contributed by atoms with Gasteiger partial charge in [0.05, 0.1) is 0 Å². The predicted molar refractivity (Wildman–Crippen MR) is 62.4 cm³/mol. The number of nitrogens with one attached hydrogen (secondary N) is 1. The molecule has 1 saturated heterocycles. The summed E-state index contributed by atoms with van der Waals surface area (Å²) in [7, 11) is 0. The molecule has 3 N–H and O–H groups in total. The molecular formula is C12H24N2O. The van der Waals surface area contributed by atoms with Crippen LogP contribution < -0.4 is 11.1 Å². The van der Waals surface area contributed by atoms with Gasteiger partial charge in [-0.05, 0) is 46.5 Å². The van der Waals surface area contributed by atoms with Gasteiger partial charge >= 0.3 is 0 Å². The van der Waals surface area contributed by atoms with E-state index < -0.39 is 0 Å². The SMILES string of the molecule is CC(C(N)=O)C1CC(C)(C)NC(C)(C)C1. The molecular weight excluding hydrogens is 188 g/mol. The first kappa shape index (κ1) is 12.5. The zero-order valence-corrected chi connectivity index (χ0v) is 10.6. The van der Waals surface area contributed by atoms with Crippen molar-refractivity contribution >= 4 is 5.91 Å². The van der Waals surface area contributed by atoms with E-state index >= 15 is 0 Å². The van der Waals surface area contributed by atoms with Gasteiger partial charge in [0.1, 0.15) is 0 Å². The van der Waals surface area contributed by atoms with Gasteiger partial charge in [0.2, 0.25) is 5.91 Å². The lowest BCUT2D eigenvalue weighted by atomic mass is 9.71. The van der Waals surface area contributed by atoms with Gasteiger partial charge < -0.3 is 11.1 Å². The van der Waals surface area contributed by atoms with Crippen LogP contribution in [-0.2, 0) is 4.79 Å². The maximum absolute atomic E-state index is 11.2. The highest BCUT2D eigenvalue weighted by Gasteiger charge is 2.40. The Morgan fingerprint density at radius 2 is 1.67 bits per heavy atom. The summed E-state index contributed by atoms with van der Waals surface area (Å²) >= 11 is 0. The highest BCUT2D eigenvalue weighted by Crippen LogP contribution is 2.36. The minimum atomic E-state index is -0.173. The Kier molecular flexibility index (Phi) is 3.15. The van der Waals surface area contributed by atoms with Crippen LogP contribution in [0.3, 0.4) is 0 Å². The first-order valence-corrected chi connectivity index (χ1v) is 5.72. The van der Waals surface area contributed by atoms with Crippen LogP contribution in [0.4, 0.5) is 0 Å². The highest BCUT2D eigenvalue weighted by molar-refractivity contribution is 5.76. The van der Waals surface area contributed by atoms with Crippen molar-refractivity contribution in [2.45, 2.75) is 58.5 Å². The fraction of sp³-hybridized carbons (Fsp3) is 0.917. The normalized spacial score (nSPS) is 27.3. The molecule has 3 heteroatoms. The van der Waals surface area contributed by atoms with Crippen molar-refractivity contribution in [1.82, 2.24) is 5.32 Å². The molecule has 1 fully saturated rings.